The molecule has 1 aliphatic carbocycles. The van der Waals surface area contributed by atoms with E-state index >= 15 is 0 Å². The molecule has 1 aromatic rings. The molecule has 0 unspecified atom stereocenters. The minimum atomic E-state index is -3.69. The van der Waals surface area contributed by atoms with Gasteiger partial charge in [-0.1, -0.05) is 31.7 Å². The average molecular weight is 454 g/mol. The summed E-state index contributed by atoms with van der Waals surface area (Å²) in [6, 6.07) is 4.36. The van der Waals surface area contributed by atoms with Crippen molar-refractivity contribution in [3.63, 3.8) is 0 Å². The van der Waals surface area contributed by atoms with Gasteiger partial charge in [0.1, 0.15) is 11.4 Å². The smallest absolute Gasteiger partial charge is 0.247 e. The van der Waals surface area contributed by atoms with Crippen LogP contribution >= 0.6 is 0 Å². The third-order valence-corrected chi connectivity index (χ3v) is 8.16. The maximum atomic E-state index is 14.3. The Labute approximate surface area is 184 Å². The van der Waals surface area contributed by atoms with E-state index in [2.05, 4.69) is 5.32 Å². The van der Waals surface area contributed by atoms with Crippen LogP contribution in [0.5, 0.6) is 0 Å². The third-order valence-electron chi connectivity index (χ3n) is 6.39. The van der Waals surface area contributed by atoms with Crippen LogP contribution in [0.3, 0.4) is 0 Å². The maximum Gasteiger partial charge on any atom is 0.247 e. The molecule has 3 rings (SSSR count). The molecule has 2 fully saturated rings. The van der Waals surface area contributed by atoms with Gasteiger partial charge in [-0.05, 0) is 51.3 Å². The number of amides is 2. The molecule has 1 saturated carbocycles. The van der Waals surface area contributed by atoms with Gasteiger partial charge < -0.3 is 5.32 Å². The fourth-order valence-electron chi connectivity index (χ4n) is 4.43. The van der Waals surface area contributed by atoms with E-state index < -0.39 is 33.2 Å². The van der Waals surface area contributed by atoms with Gasteiger partial charge in [0.05, 0.1) is 12.3 Å². The van der Waals surface area contributed by atoms with Crippen molar-refractivity contribution in [2.45, 2.75) is 70.9 Å². The Hall–Kier alpha value is -2.00. The predicted molar refractivity (Wildman–Crippen MR) is 118 cm³/mol. The van der Waals surface area contributed by atoms with E-state index in [1.54, 1.807) is 26.0 Å². The van der Waals surface area contributed by atoms with E-state index in [0.717, 1.165) is 42.8 Å². The van der Waals surface area contributed by atoms with Crippen LogP contribution in [0.15, 0.2) is 18.2 Å². The van der Waals surface area contributed by atoms with E-state index in [0.29, 0.717) is 5.56 Å². The van der Waals surface area contributed by atoms with Crippen molar-refractivity contribution in [2.24, 2.45) is 0 Å². The van der Waals surface area contributed by atoms with Crippen LogP contribution in [0.25, 0.3) is 0 Å². The largest absolute Gasteiger partial charge is 0.351 e. The lowest BCUT2D eigenvalue weighted by Gasteiger charge is -2.47. The second-order valence-corrected chi connectivity index (χ2v) is 11.0. The third kappa shape index (κ3) is 4.92. The summed E-state index contributed by atoms with van der Waals surface area (Å²) in [4.78, 5) is 27.9. The number of aryl methyl sites for hydroxylation is 1. The van der Waals surface area contributed by atoms with Gasteiger partial charge in [0.15, 0.2) is 0 Å². The number of rotatable bonds is 5. The highest BCUT2D eigenvalue weighted by Crippen LogP contribution is 2.32. The van der Waals surface area contributed by atoms with Crippen LogP contribution in [0.4, 0.5) is 10.1 Å². The van der Waals surface area contributed by atoms with Crippen LogP contribution in [-0.4, -0.2) is 55.0 Å². The Kier molecular flexibility index (Phi) is 7.05. The topological polar surface area (TPSA) is 86.8 Å². The number of hydrogen-bond donors (Lipinski definition) is 1. The zero-order chi connectivity index (χ0) is 22.8. The second-order valence-electron chi connectivity index (χ2n) is 8.77. The van der Waals surface area contributed by atoms with Crippen molar-refractivity contribution in [2.75, 3.05) is 23.7 Å². The van der Waals surface area contributed by atoms with Crippen molar-refractivity contribution in [1.29, 1.82) is 0 Å². The average Bonchev–Trinajstić information content (AvgIpc) is 2.98. The van der Waals surface area contributed by atoms with E-state index in [-0.39, 0.29) is 30.6 Å². The molecule has 0 spiro atoms. The van der Waals surface area contributed by atoms with Gasteiger partial charge in [0.2, 0.25) is 21.8 Å². The van der Waals surface area contributed by atoms with Crippen LogP contribution < -0.4 is 10.2 Å². The van der Waals surface area contributed by atoms with Crippen molar-refractivity contribution in [3.05, 3.63) is 29.6 Å². The minimum absolute atomic E-state index is 0.0170. The highest BCUT2D eigenvalue weighted by Gasteiger charge is 2.51. The number of nitrogens with one attached hydrogen (secondary N) is 1. The van der Waals surface area contributed by atoms with Crippen LogP contribution in [0.1, 0.15) is 57.9 Å². The van der Waals surface area contributed by atoms with Crippen molar-refractivity contribution >= 4 is 27.5 Å². The Bertz CT molecular complexity index is 944. The van der Waals surface area contributed by atoms with Crippen molar-refractivity contribution in [3.8, 4) is 0 Å². The SMILES string of the molecule is CCS(=O)(=O)N1CC(=O)N(c2ccc(C)c(F)c2)[C@](C)(C(=O)NC2CCCCCC2)C1. The molecule has 1 aromatic carbocycles. The molecule has 0 bridgehead atoms. The summed E-state index contributed by atoms with van der Waals surface area (Å²) in [6.45, 7) is 4.13. The normalized spacial score (nSPS) is 24.1. The molecule has 172 valence electrons. The Morgan fingerprint density at radius 3 is 2.45 bits per heavy atom. The summed E-state index contributed by atoms with van der Waals surface area (Å²) in [5.41, 5.74) is -0.820. The van der Waals surface area contributed by atoms with E-state index in [1.807, 2.05) is 0 Å². The number of carbonyl (C=O) groups excluding carboxylic acids is 2. The summed E-state index contributed by atoms with van der Waals surface area (Å²) >= 11 is 0. The fraction of sp³-hybridized carbons (Fsp3) is 0.636. The molecule has 1 N–H and O–H groups in total. The van der Waals surface area contributed by atoms with Gasteiger partial charge >= 0.3 is 0 Å². The molecule has 0 radical (unpaired) electrons. The lowest BCUT2D eigenvalue weighted by Crippen LogP contribution is -2.70. The Balaban J connectivity index is 1.99. The summed E-state index contributed by atoms with van der Waals surface area (Å²) in [7, 11) is -3.69. The maximum absolute atomic E-state index is 14.3. The number of benzene rings is 1. The predicted octanol–water partition coefficient (Wildman–Crippen LogP) is 2.73. The highest BCUT2D eigenvalue weighted by molar-refractivity contribution is 7.89. The van der Waals surface area contributed by atoms with Gasteiger partial charge in [0, 0.05) is 18.3 Å². The molecule has 7 nitrogen and oxygen atoms in total. The zero-order valence-corrected chi connectivity index (χ0v) is 19.3. The van der Waals surface area contributed by atoms with Gasteiger partial charge in [-0.3, -0.25) is 14.5 Å². The van der Waals surface area contributed by atoms with E-state index in [9.17, 15) is 22.4 Å². The summed E-state index contributed by atoms with van der Waals surface area (Å²) in [5.74, 6) is -1.62. The molecule has 1 atom stereocenters. The molecule has 0 aromatic heterocycles. The molecular weight excluding hydrogens is 421 g/mol. The summed E-state index contributed by atoms with van der Waals surface area (Å²) < 4.78 is 40.5. The first-order valence-corrected chi connectivity index (χ1v) is 12.6. The molecule has 9 heteroatoms. The van der Waals surface area contributed by atoms with Crippen LogP contribution in [0, 0.1) is 12.7 Å². The van der Waals surface area contributed by atoms with Gasteiger partial charge in [0.25, 0.3) is 0 Å². The molecule has 31 heavy (non-hydrogen) atoms. The number of anilines is 1. The number of hydrogen-bond acceptors (Lipinski definition) is 4. The molecular formula is C22H32FN3O4S. The quantitative estimate of drug-likeness (QED) is 0.695. The number of carbonyl (C=O) groups is 2. The number of piperazine rings is 1. The molecule has 1 aliphatic heterocycles. The second kappa shape index (κ2) is 9.24. The molecule has 1 saturated heterocycles. The van der Waals surface area contributed by atoms with Gasteiger partial charge in [-0.25, -0.2) is 12.8 Å². The lowest BCUT2D eigenvalue weighted by molar-refractivity contribution is -0.133. The number of sulfonamides is 1. The fourth-order valence-corrected chi connectivity index (χ4v) is 5.55. The van der Waals surface area contributed by atoms with Crippen LogP contribution in [-0.2, 0) is 19.6 Å². The minimum Gasteiger partial charge on any atom is -0.351 e. The standard InChI is InChI=1S/C22H32FN3O4S/c1-4-31(29,30)25-14-20(27)26(18-12-11-16(2)19(23)13-18)22(3,15-25)21(28)24-17-9-7-5-6-8-10-17/h11-13,17H,4-10,14-15H2,1-3H3,(H,24,28)/t22-/m0/s1. The first-order chi connectivity index (χ1) is 14.6. The van der Waals surface area contributed by atoms with E-state index in [4.69, 9.17) is 0 Å². The van der Waals surface area contributed by atoms with Crippen LogP contribution in [0.2, 0.25) is 0 Å². The van der Waals surface area contributed by atoms with Gasteiger partial charge in [-0.2, -0.15) is 4.31 Å². The monoisotopic (exact) mass is 453 g/mol. The van der Waals surface area contributed by atoms with E-state index in [1.165, 1.54) is 17.9 Å². The highest BCUT2D eigenvalue weighted by atomic mass is 32.2. The molecule has 1 heterocycles. The summed E-state index contributed by atoms with van der Waals surface area (Å²) in [6.07, 6.45) is 5.99. The first-order valence-electron chi connectivity index (χ1n) is 11.0. The van der Waals surface area contributed by atoms with Gasteiger partial charge in [-0.15, -0.1) is 0 Å². The van der Waals surface area contributed by atoms with Crippen molar-refractivity contribution < 1.29 is 22.4 Å². The molecule has 2 aliphatic rings. The Morgan fingerprint density at radius 2 is 1.87 bits per heavy atom. The number of halogens is 1. The summed E-state index contributed by atoms with van der Waals surface area (Å²) in [5, 5.41) is 3.06. The first kappa shape index (κ1) is 23.7. The number of nitrogens with zero attached hydrogens (tertiary/aromatic N) is 2. The Morgan fingerprint density at radius 1 is 1.23 bits per heavy atom. The molecule has 2 amide bonds. The zero-order valence-electron chi connectivity index (χ0n) is 18.5. The lowest BCUT2D eigenvalue weighted by atomic mass is 9.93. The van der Waals surface area contributed by atoms with Crippen molar-refractivity contribution in [1.82, 2.24) is 9.62 Å².